The number of hydrogen-bond donors (Lipinski definition) is 8. The van der Waals surface area contributed by atoms with E-state index in [4.69, 9.17) is 18.9 Å². The third-order valence-corrected chi connectivity index (χ3v) is 10.1. The molecule has 8 N–H and O–H groups in total. The van der Waals surface area contributed by atoms with Crippen molar-refractivity contribution in [2.45, 2.75) is 101 Å². The van der Waals surface area contributed by atoms with Gasteiger partial charge in [-0.2, -0.15) is 0 Å². The van der Waals surface area contributed by atoms with Crippen LogP contribution in [-0.4, -0.2) is 120 Å². The zero-order valence-electron chi connectivity index (χ0n) is 26.5. The SMILES string of the molecule is CO[C@@H]1C(=O)C(C(C)=O)=C(O)[C@@]2(O)C(=O)c3c(cc4cc(O)c([C@H]5C[C@@H](O)[C@H](O[C@H]6C[C@@H](O)[C@H](O)[C@@H](C)O6)[C@@H](C)O5)c(O)c4c3O)C[C@@H]12. The lowest BCUT2D eigenvalue weighted by molar-refractivity contribution is -0.293. The third-order valence-electron chi connectivity index (χ3n) is 10.1. The van der Waals surface area contributed by atoms with Crippen molar-refractivity contribution < 1.29 is 74.2 Å². The summed E-state index contributed by atoms with van der Waals surface area (Å²) in [6, 6.07) is 2.59. The van der Waals surface area contributed by atoms with Crippen molar-refractivity contribution in [1.29, 1.82) is 0 Å². The minimum Gasteiger partial charge on any atom is -0.508 e. The molecule has 6 rings (SSSR count). The fraction of sp³-hybridized carbons (Fsp3) is 0.545. The first kappa shape index (κ1) is 34.2. The summed E-state index contributed by atoms with van der Waals surface area (Å²) in [4.78, 5) is 39.3. The summed E-state index contributed by atoms with van der Waals surface area (Å²) in [5, 5.41) is 87.6. The van der Waals surface area contributed by atoms with Crippen LogP contribution in [0.3, 0.4) is 0 Å². The summed E-state index contributed by atoms with van der Waals surface area (Å²) in [5.41, 5.74) is -4.19. The summed E-state index contributed by atoms with van der Waals surface area (Å²) >= 11 is 0. The molecular weight excluding hydrogens is 636 g/mol. The van der Waals surface area contributed by atoms with Crippen molar-refractivity contribution >= 4 is 28.1 Å². The highest BCUT2D eigenvalue weighted by Crippen LogP contribution is 2.52. The molecule has 2 aliphatic carbocycles. The first-order chi connectivity index (χ1) is 22.5. The number of aliphatic hydroxyl groups excluding tert-OH is 4. The minimum atomic E-state index is -2.82. The van der Waals surface area contributed by atoms with Gasteiger partial charge in [0.25, 0.3) is 0 Å². The van der Waals surface area contributed by atoms with Crippen LogP contribution >= 0.6 is 0 Å². The van der Waals surface area contributed by atoms with E-state index < -0.39 is 118 Å². The largest absolute Gasteiger partial charge is 0.508 e. The van der Waals surface area contributed by atoms with Gasteiger partial charge in [0.15, 0.2) is 23.5 Å². The number of ether oxygens (including phenoxy) is 4. The quantitative estimate of drug-likeness (QED) is 0.201. The number of methoxy groups -OCH3 is 1. The van der Waals surface area contributed by atoms with Gasteiger partial charge in [-0.25, -0.2) is 0 Å². The fourth-order valence-corrected chi connectivity index (χ4v) is 7.65. The van der Waals surface area contributed by atoms with Crippen LogP contribution in [0.2, 0.25) is 0 Å². The number of hydrogen-bond acceptors (Lipinski definition) is 15. The molecule has 0 amide bonds. The Balaban J connectivity index is 1.36. The second-order valence-electron chi connectivity index (χ2n) is 13.0. The van der Waals surface area contributed by atoms with Crippen LogP contribution in [0.5, 0.6) is 17.2 Å². The smallest absolute Gasteiger partial charge is 0.206 e. The molecule has 0 aromatic heterocycles. The van der Waals surface area contributed by atoms with Gasteiger partial charge < -0.3 is 59.8 Å². The van der Waals surface area contributed by atoms with E-state index in [-0.39, 0.29) is 41.2 Å². The number of benzene rings is 2. The summed E-state index contributed by atoms with van der Waals surface area (Å²) < 4.78 is 22.8. The Morgan fingerprint density at radius 3 is 2.25 bits per heavy atom. The maximum Gasteiger partial charge on any atom is 0.206 e. The molecule has 0 radical (unpaired) electrons. The van der Waals surface area contributed by atoms with Crippen molar-refractivity contribution in [3.05, 3.63) is 40.2 Å². The molecule has 2 saturated heterocycles. The average molecular weight is 675 g/mol. The van der Waals surface area contributed by atoms with E-state index in [1.54, 1.807) is 13.8 Å². The Morgan fingerprint density at radius 2 is 1.65 bits per heavy atom. The molecule has 2 aromatic carbocycles. The highest BCUT2D eigenvalue weighted by atomic mass is 16.7. The number of aliphatic hydroxyl groups is 5. The van der Waals surface area contributed by atoms with Gasteiger partial charge in [0.05, 0.1) is 47.0 Å². The predicted octanol–water partition coefficient (Wildman–Crippen LogP) is 0.494. The third kappa shape index (κ3) is 4.99. The molecule has 15 nitrogen and oxygen atoms in total. The molecule has 2 heterocycles. The van der Waals surface area contributed by atoms with E-state index in [2.05, 4.69) is 0 Å². The molecule has 2 fully saturated rings. The van der Waals surface area contributed by atoms with Crippen molar-refractivity contribution in [1.82, 2.24) is 0 Å². The summed E-state index contributed by atoms with van der Waals surface area (Å²) in [7, 11) is 1.15. The van der Waals surface area contributed by atoms with E-state index in [9.17, 15) is 55.2 Å². The maximum absolute atomic E-state index is 14.0. The highest BCUT2D eigenvalue weighted by Gasteiger charge is 2.62. The number of phenolic OH excluding ortho intramolecular Hbond substituents is 3. The number of carbonyl (C=O) groups excluding carboxylic acids is 3. The van der Waals surface area contributed by atoms with Crippen molar-refractivity contribution in [2.24, 2.45) is 5.92 Å². The molecule has 260 valence electrons. The van der Waals surface area contributed by atoms with Gasteiger partial charge in [-0.05, 0) is 50.3 Å². The number of Topliss-reactive ketones (excluding diaryl/α,β-unsaturated/α-hetero) is 3. The van der Waals surface area contributed by atoms with Crippen molar-refractivity contribution in [2.75, 3.05) is 7.11 Å². The van der Waals surface area contributed by atoms with Crippen molar-refractivity contribution in [3.63, 3.8) is 0 Å². The van der Waals surface area contributed by atoms with E-state index in [0.717, 1.165) is 14.0 Å². The number of phenols is 3. The summed E-state index contributed by atoms with van der Waals surface area (Å²) in [6.07, 6.45) is -10.1. The first-order valence-corrected chi connectivity index (χ1v) is 15.6. The Hall–Kier alpha value is -3.67. The van der Waals surface area contributed by atoms with Gasteiger partial charge in [0.2, 0.25) is 5.78 Å². The number of carbonyl (C=O) groups is 3. The highest BCUT2D eigenvalue weighted by molar-refractivity contribution is 6.25. The van der Waals surface area contributed by atoms with Crippen molar-refractivity contribution in [3.8, 4) is 17.2 Å². The molecule has 2 aromatic rings. The maximum atomic E-state index is 14.0. The second kappa shape index (κ2) is 12.0. The van der Waals surface area contributed by atoms with Crippen LogP contribution in [0.15, 0.2) is 23.5 Å². The van der Waals surface area contributed by atoms with E-state index in [1.165, 1.54) is 12.1 Å². The van der Waals surface area contributed by atoms with E-state index >= 15 is 0 Å². The normalized spacial score (nSPS) is 37.0. The molecule has 4 aliphatic rings. The molecule has 48 heavy (non-hydrogen) atoms. The minimum absolute atomic E-state index is 0.0542. The van der Waals surface area contributed by atoms with Crippen LogP contribution in [0, 0.1) is 5.92 Å². The second-order valence-corrected chi connectivity index (χ2v) is 13.0. The fourth-order valence-electron chi connectivity index (χ4n) is 7.65. The van der Waals surface area contributed by atoms with Gasteiger partial charge in [0, 0.05) is 25.9 Å². The van der Waals surface area contributed by atoms with Crippen LogP contribution in [0.1, 0.15) is 61.2 Å². The first-order valence-electron chi connectivity index (χ1n) is 15.6. The molecule has 0 spiro atoms. The number of aromatic hydroxyl groups is 3. The van der Waals surface area contributed by atoms with Gasteiger partial charge in [-0.1, -0.05) is 0 Å². The Bertz CT molecular complexity index is 1710. The lowest BCUT2D eigenvalue weighted by atomic mass is 9.62. The average Bonchev–Trinajstić information content (AvgIpc) is 2.99. The Morgan fingerprint density at radius 1 is 0.958 bits per heavy atom. The van der Waals surface area contributed by atoms with E-state index in [1.807, 2.05) is 0 Å². The van der Waals surface area contributed by atoms with Gasteiger partial charge >= 0.3 is 0 Å². The molecule has 11 atom stereocenters. The monoisotopic (exact) mass is 674 g/mol. The zero-order chi connectivity index (χ0) is 35.1. The zero-order valence-corrected chi connectivity index (χ0v) is 26.5. The number of fused-ring (bicyclic) bond motifs is 3. The Labute approximate surface area is 273 Å². The van der Waals surface area contributed by atoms with E-state index in [0.29, 0.717) is 0 Å². The van der Waals surface area contributed by atoms with Crippen LogP contribution < -0.4 is 0 Å². The topological polar surface area (TPSA) is 250 Å². The van der Waals surface area contributed by atoms with Crippen LogP contribution in [-0.2, 0) is 35.0 Å². The number of rotatable bonds is 5. The molecule has 15 heteroatoms. The van der Waals surface area contributed by atoms with Crippen LogP contribution in [0.4, 0.5) is 0 Å². The van der Waals surface area contributed by atoms with Gasteiger partial charge in [-0.3, -0.25) is 14.4 Å². The number of ketones is 3. The molecule has 0 unspecified atom stereocenters. The Kier molecular flexibility index (Phi) is 8.57. The van der Waals surface area contributed by atoms with Gasteiger partial charge in [-0.15, -0.1) is 0 Å². The molecule has 2 aliphatic heterocycles. The predicted molar refractivity (Wildman–Crippen MR) is 161 cm³/mol. The molecular formula is C33H38O15. The lowest BCUT2D eigenvalue weighted by Crippen LogP contribution is -2.61. The molecule has 0 saturated carbocycles. The standard InChI is InChI=1S/C33H38O15/c1-10(34)21-28(41)30(45-4)15-6-13-5-14-7-16(35)24(27(40)22(14)26(39)23(13)32(43)33(15,44)31(21)42)19-8-18(37)29(12(3)46-19)48-20-9-17(36)25(38)11(2)47-20/h5,7,11-12,15,17-20,25,29-30,35-40,42,44H,6,8-9H2,1-4H3/t11-,12-,15+,17-,18-,19-,20+,25-,29-,30+,33-/m1/s1. The van der Waals surface area contributed by atoms with Crippen LogP contribution in [0.25, 0.3) is 10.8 Å². The van der Waals surface area contributed by atoms with Gasteiger partial charge in [0.1, 0.15) is 46.9 Å². The summed E-state index contributed by atoms with van der Waals surface area (Å²) in [6.45, 7) is 4.13. The molecule has 0 bridgehead atoms. The summed E-state index contributed by atoms with van der Waals surface area (Å²) in [5.74, 6) is -7.52. The lowest BCUT2D eigenvalue weighted by Gasteiger charge is -2.45.